The van der Waals surface area contributed by atoms with Crippen LogP contribution in [0.5, 0.6) is 0 Å². The van der Waals surface area contributed by atoms with Gasteiger partial charge in [-0.2, -0.15) is 0 Å². The molecule has 2 aromatic carbocycles. The van der Waals surface area contributed by atoms with Gasteiger partial charge in [0.25, 0.3) is 0 Å². The molecule has 3 heteroatoms. The van der Waals surface area contributed by atoms with Crippen LogP contribution < -0.4 is 10.6 Å². The molecule has 2 rings (SSSR count). The SMILES string of the molecule is CCCCC(OC)[P+](c1ccccc1)(c1ccccc1)C(CCCC)OC. The van der Waals surface area contributed by atoms with Crippen LogP contribution in [-0.4, -0.2) is 25.9 Å². The summed E-state index contributed by atoms with van der Waals surface area (Å²) in [4.78, 5) is 0. The van der Waals surface area contributed by atoms with Gasteiger partial charge in [0.2, 0.25) is 0 Å². The number of ether oxygens (including phenoxy) is 2. The van der Waals surface area contributed by atoms with Crippen molar-refractivity contribution in [3.05, 3.63) is 60.7 Å². The van der Waals surface area contributed by atoms with E-state index in [1.807, 2.05) is 14.2 Å². The van der Waals surface area contributed by atoms with Crippen molar-refractivity contribution in [2.75, 3.05) is 14.2 Å². The summed E-state index contributed by atoms with van der Waals surface area (Å²) < 4.78 is 12.5. The first-order valence-electron chi connectivity index (χ1n) is 10.3. The first-order chi connectivity index (χ1) is 13.2. The van der Waals surface area contributed by atoms with Crippen LogP contribution in [0, 0.1) is 0 Å². The Hall–Kier alpha value is -1.21. The smallest absolute Gasteiger partial charge is 0.178 e. The molecular formula is C24H36O2P+. The summed E-state index contributed by atoms with van der Waals surface area (Å²) in [5.41, 5.74) is 0. The fraction of sp³-hybridized carbons (Fsp3) is 0.500. The number of unbranched alkanes of at least 4 members (excludes halogenated alkanes) is 2. The van der Waals surface area contributed by atoms with Gasteiger partial charge in [-0.25, -0.2) is 0 Å². The largest absolute Gasteiger partial charge is 0.346 e. The Balaban J connectivity index is 2.71. The Labute approximate surface area is 166 Å². The van der Waals surface area contributed by atoms with Crippen LogP contribution in [0.1, 0.15) is 52.4 Å². The molecule has 0 saturated carbocycles. The van der Waals surface area contributed by atoms with Crippen molar-refractivity contribution in [3.63, 3.8) is 0 Å². The minimum atomic E-state index is -1.93. The van der Waals surface area contributed by atoms with Crippen molar-refractivity contribution < 1.29 is 9.47 Å². The van der Waals surface area contributed by atoms with Gasteiger partial charge in [0.1, 0.15) is 17.9 Å². The van der Waals surface area contributed by atoms with Gasteiger partial charge in [-0.15, -0.1) is 0 Å². The van der Waals surface area contributed by atoms with E-state index < -0.39 is 7.26 Å². The second-order valence-corrected chi connectivity index (χ2v) is 10.9. The molecule has 2 aromatic rings. The predicted molar refractivity (Wildman–Crippen MR) is 120 cm³/mol. The molecule has 2 nitrogen and oxygen atoms in total. The van der Waals surface area contributed by atoms with Crippen LogP contribution in [-0.2, 0) is 9.47 Å². The maximum atomic E-state index is 6.26. The fourth-order valence-corrected chi connectivity index (χ4v) is 9.26. The molecule has 0 saturated heterocycles. The first kappa shape index (κ1) is 22.1. The molecular weight excluding hydrogens is 351 g/mol. The number of rotatable bonds is 12. The first-order valence-corrected chi connectivity index (χ1v) is 12.2. The highest BCUT2D eigenvalue weighted by Crippen LogP contribution is 2.67. The lowest BCUT2D eigenvalue weighted by Gasteiger charge is -2.38. The van der Waals surface area contributed by atoms with Gasteiger partial charge < -0.3 is 9.47 Å². The van der Waals surface area contributed by atoms with Crippen LogP contribution in [0.3, 0.4) is 0 Å². The number of methoxy groups -OCH3 is 2. The minimum Gasteiger partial charge on any atom is -0.346 e. The third-order valence-corrected chi connectivity index (χ3v) is 10.5. The summed E-state index contributed by atoms with van der Waals surface area (Å²) in [7, 11) is 1.84. The van der Waals surface area contributed by atoms with Crippen molar-refractivity contribution in [1.29, 1.82) is 0 Å². The summed E-state index contributed by atoms with van der Waals surface area (Å²) in [5, 5.41) is 2.78. The average Bonchev–Trinajstić information content (AvgIpc) is 2.74. The molecule has 0 aromatic heterocycles. The van der Waals surface area contributed by atoms with Crippen molar-refractivity contribution in [2.45, 2.75) is 64.1 Å². The maximum absolute atomic E-state index is 6.26. The van der Waals surface area contributed by atoms with Crippen LogP contribution in [0.25, 0.3) is 0 Å². The summed E-state index contributed by atoms with van der Waals surface area (Å²) in [6, 6.07) is 22.0. The summed E-state index contributed by atoms with van der Waals surface area (Å²) in [5.74, 6) is 0.341. The molecule has 0 aliphatic rings. The fourth-order valence-electron chi connectivity index (χ4n) is 4.08. The Kier molecular flexibility index (Phi) is 9.48. The van der Waals surface area contributed by atoms with Gasteiger partial charge in [0.15, 0.2) is 11.7 Å². The van der Waals surface area contributed by atoms with Crippen molar-refractivity contribution in [1.82, 2.24) is 0 Å². The molecule has 27 heavy (non-hydrogen) atoms. The van der Waals surface area contributed by atoms with E-state index in [0.717, 1.165) is 12.8 Å². The van der Waals surface area contributed by atoms with E-state index in [2.05, 4.69) is 74.5 Å². The van der Waals surface area contributed by atoms with Gasteiger partial charge in [0, 0.05) is 27.1 Å². The molecule has 0 heterocycles. The molecule has 0 bridgehead atoms. The molecule has 0 N–H and O–H groups in total. The second-order valence-electron chi connectivity index (χ2n) is 7.11. The zero-order chi connectivity index (χ0) is 19.5. The number of hydrogen-bond acceptors (Lipinski definition) is 2. The molecule has 0 aliphatic carbocycles. The Morgan fingerprint density at radius 1 is 0.667 bits per heavy atom. The van der Waals surface area contributed by atoms with Crippen LogP contribution in [0.4, 0.5) is 0 Å². The Morgan fingerprint density at radius 2 is 1.04 bits per heavy atom. The molecule has 0 radical (unpaired) electrons. The number of hydrogen-bond donors (Lipinski definition) is 0. The molecule has 0 spiro atoms. The monoisotopic (exact) mass is 387 g/mol. The third-order valence-electron chi connectivity index (χ3n) is 5.43. The quantitative estimate of drug-likeness (QED) is 0.417. The van der Waals surface area contributed by atoms with E-state index in [0.29, 0.717) is 0 Å². The lowest BCUT2D eigenvalue weighted by Crippen LogP contribution is -2.40. The molecule has 2 unspecified atom stereocenters. The normalized spacial score (nSPS) is 14.1. The molecule has 2 atom stereocenters. The van der Waals surface area contributed by atoms with Crippen LogP contribution >= 0.6 is 7.26 Å². The van der Waals surface area contributed by atoms with E-state index in [9.17, 15) is 0 Å². The molecule has 0 fully saturated rings. The van der Waals surface area contributed by atoms with Crippen LogP contribution in [0.2, 0.25) is 0 Å². The lowest BCUT2D eigenvalue weighted by molar-refractivity contribution is 0.129. The maximum Gasteiger partial charge on any atom is 0.178 e. The zero-order valence-electron chi connectivity index (χ0n) is 17.4. The molecule has 148 valence electrons. The van der Waals surface area contributed by atoms with Gasteiger partial charge in [0.05, 0.1) is 0 Å². The highest BCUT2D eigenvalue weighted by molar-refractivity contribution is 7.90. The lowest BCUT2D eigenvalue weighted by atomic mass is 10.2. The summed E-state index contributed by atoms with van der Waals surface area (Å²) >= 11 is 0. The van der Waals surface area contributed by atoms with E-state index >= 15 is 0 Å². The standard InChI is InChI=1S/C24H36O2P/c1-5-7-19-23(25-3)27(21-15-11-9-12-16-21,22-17-13-10-14-18-22)24(26-4)20-8-6-2/h9-18,23-24H,5-8,19-20H2,1-4H3/q+1. The van der Waals surface area contributed by atoms with Crippen molar-refractivity contribution in [3.8, 4) is 0 Å². The van der Waals surface area contributed by atoms with E-state index in [1.54, 1.807) is 0 Å². The van der Waals surface area contributed by atoms with E-state index in [1.165, 1.54) is 36.3 Å². The summed E-state index contributed by atoms with van der Waals surface area (Å²) in [6.45, 7) is 4.51. The minimum absolute atomic E-state index is 0.170. The van der Waals surface area contributed by atoms with Gasteiger partial charge >= 0.3 is 0 Å². The van der Waals surface area contributed by atoms with E-state index in [4.69, 9.17) is 9.47 Å². The average molecular weight is 388 g/mol. The molecule has 0 amide bonds. The Morgan fingerprint density at radius 3 is 1.33 bits per heavy atom. The van der Waals surface area contributed by atoms with Gasteiger partial charge in [-0.1, -0.05) is 63.1 Å². The van der Waals surface area contributed by atoms with Gasteiger partial charge in [-0.3, -0.25) is 0 Å². The predicted octanol–water partition coefficient (Wildman–Crippen LogP) is 5.98. The Bertz CT molecular complexity index is 572. The van der Waals surface area contributed by atoms with Crippen molar-refractivity contribution >= 4 is 17.9 Å². The number of benzene rings is 2. The molecule has 0 aliphatic heterocycles. The third kappa shape index (κ3) is 4.99. The van der Waals surface area contributed by atoms with Crippen LogP contribution in [0.15, 0.2) is 60.7 Å². The highest BCUT2D eigenvalue weighted by Gasteiger charge is 2.56. The highest BCUT2D eigenvalue weighted by atomic mass is 31.2. The van der Waals surface area contributed by atoms with E-state index in [-0.39, 0.29) is 11.7 Å². The van der Waals surface area contributed by atoms with Crippen molar-refractivity contribution in [2.24, 2.45) is 0 Å². The van der Waals surface area contributed by atoms with Gasteiger partial charge in [-0.05, 0) is 37.1 Å². The topological polar surface area (TPSA) is 18.5 Å². The second kappa shape index (κ2) is 11.6. The zero-order valence-corrected chi connectivity index (χ0v) is 18.3. The summed E-state index contributed by atoms with van der Waals surface area (Å²) in [6.07, 6.45) is 6.83.